The van der Waals surface area contributed by atoms with E-state index in [1.54, 1.807) is 0 Å². The largest absolute Gasteiger partial charge is 0.329 e. The number of amides is 2. The zero-order chi connectivity index (χ0) is 16.2. The van der Waals surface area contributed by atoms with Crippen LogP contribution in [-0.2, 0) is 5.54 Å². The van der Waals surface area contributed by atoms with E-state index in [2.05, 4.69) is 12.2 Å². The van der Waals surface area contributed by atoms with E-state index in [1.807, 2.05) is 43.0 Å². The lowest BCUT2D eigenvalue weighted by Gasteiger charge is -2.37. The molecule has 0 atom stereocenters. The summed E-state index contributed by atoms with van der Waals surface area (Å²) < 4.78 is 0. The lowest BCUT2D eigenvalue weighted by Crippen LogP contribution is -2.52. The lowest BCUT2D eigenvalue weighted by atomic mass is 9.93. The number of carbonyl (C=O) groups is 1. The topological polar surface area (TPSA) is 32.3 Å². The second-order valence-corrected chi connectivity index (χ2v) is 7.08. The number of hydrogen-bond donors (Lipinski definition) is 1. The first-order chi connectivity index (χ1) is 10.4. The van der Waals surface area contributed by atoms with Crippen LogP contribution in [0.3, 0.4) is 0 Å². The van der Waals surface area contributed by atoms with Crippen molar-refractivity contribution in [3.8, 4) is 0 Å². The molecule has 0 saturated heterocycles. The Labute approximate surface area is 139 Å². The molecule has 1 aliphatic rings. The van der Waals surface area contributed by atoms with Crippen molar-refractivity contribution in [3.63, 3.8) is 0 Å². The predicted octanol–water partition coefficient (Wildman–Crippen LogP) is 4.94. The van der Waals surface area contributed by atoms with Gasteiger partial charge in [-0.15, -0.1) is 0 Å². The van der Waals surface area contributed by atoms with Gasteiger partial charge in [0, 0.05) is 17.6 Å². The van der Waals surface area contributed by atoms with E-state index in [1.165, 1.54) is 19.3 Å². The van der Waals surface area contributed by atoms with Crippen LogP contribution in [-0.4, -0.2) is 23.5 Å². The average molecular weight is 323 g/mol. The highest BCUT2D eigenvalue weighted by atomic mass is 35.5. The predicted molar refractivity (Wildman–Crippen MR) is 92.3 cm³/mol. The van der Waals surface area contributed by atoms with Crippen molar-refractivity contribution < 1.29 is 4.79 Å². The highest BCUT2D eigenvalue weighted by Gasteiger charge is 2.29. The zero-order valence-electron chi connectivity index (χ0n) is 13.9. The standard InChI is InChI=1S/C18H27ClN2O/c1-4-21(16-11-6-5-7-12-16)17(22)20-18(2,3)14-9-8-10-15(19)13-14/h8-10,13,16H,4-7,11-12H2,1-3H3,(H,20,22). The van der Waals surface area contributed by atoms with Crippen LogP contribution in [0.25, 0.3) is 0 Å². The van der Waals surface area contributed by atoms with Crippen molar-refractivity contribution in [1.82, 2.24) is 10.2 Å². The summed E-state index contributed by atoms with van der Waals surface area (Å²) in [5.74, 6) is 0. The number of halogens is 1. The van der Waals surface area contributed by atoms with E-state index in [9.17, 15) is 4.79 Å². The first kappa shape index (κ1) is 17.1. The van der Waals surface area contributed by atoms with Crippen LogP contribution in [0, 0.1) is 0 Å². The summed E-state index contributed by atoms with van der Waals surface area (Å²) in [6, 6.07) is 8.10. The molecule has 0 aromatic heterocycles. The summed E-state index contributed by atoms with van der Waals surface area (Å²) in [5.41, 5.74) is 0.581. The Kier molecular flexibility index (Phi) is 5.74. The van der Waals surface area contributed by atoms with Gasteiger partial charge in [0.15, 0.2) is 0 Å². The van der Waals surface area contributed by atoms with E-state index in [0.29, 0.717) is 11.1 Å². The van der Waals surface area contributed by atoms with Gasteiger partial charge in [-0.1, -0.05) is 43.0 Å². The molecule has 1 saturated carbocycles. The molecule has 1 N–H and O–H groups in total. The van der Waals surface area contributed by atoms with Gasteiger partial charge >= 0.3 is 6.03 Å². The minimum absolute atomic E-state index is 0.0272. The summed E-state index contributed by atoms with van der Waals surface area (Å²) in [5, 5.41) is 3.87. The fraction of sp³-hybridized carbons (Fsp3) is 0.611. The highest BCUT2D eigenvalue weighted by Crippen LogP contribution is 2.26. The molecule has 0 bridgehead atoms. The van der Waals surface area contributed by atoms with Crippen LogP contribution in [0.2, 0.25) is 5.02 Å². The van der Waals surface area contributed by atoms with Crippen LogP contribution in [0.4, 0.5) is 4.79 Å². The molecule has 4 heteroatoms. The van der Waals surface area contributed by atoms with Gasteiger partial charge < -0.3 is 10.2 Å². The molecule has 2 amide bonds. The Morgan fingerprint density at radius 2 is 2.00 bits per heavy atom. The van der Waals surface area contributed by atoms with Crippen molar-refractivity contribution in [2.45, 2.75) is 64.5 Å². The van der Waals surface area contributed by atoms with Crippen LogP contribution >= 0.6 is 11.6 Å². The number of nitrogens with one attached hydrogen (secondary N) is 1. The molecular weight excluding hydrogens is 296 g/mol. The van der Waals surface area contributed by atoms with Crippen molar-refractivity contribution in [2.75, 3.05) is 6.54 Å². The van der Waals surface area contributed by atoms with Crippen LogP contribution in [0.15, 0.2) is 24.3 Å². The molecule has 1 aromatic carbocycles. The maximum atomic E-state index is 12.7. The normalized spacial score (nSPS) is 16.4. The molecule has 1 aliphatic carbocycles. The molecule has 0 heterocycles. The van der Waals surface area contributed by atoms with Crippen molar-refractivity contribution in [2.24, 2.45) is 0 Å². The quantitative estimate of drug-likeness (QED) is 0.836. The highest BCUT2D eigenvalue weighted by molar-refractivity contribution is 6.30. The third-order valence-electron chi connectivity index (χ3n) is 4.58. The SMILES string of the molecule is CCN(C(=O)NC(C)(C)c1cccc(Cl)c1)C1CCCCC1. The number of benzene rings is 1. The third-order valence-corrected chi connectivity index (χ3v) is 4.82. The first-order valence-corrected chi connectivity index (χ1v) is 8.66. The number of urea groups is 1. The van der Waals surface area contributed by atoms with Gasteiger partial charge in [-0.2, -0.15) is 0 Å². The van der Waals surface area contributed by atoms with Gasteiger partial charge in [0.2, 0.25) is 0 Å². The van der Waals surface area contributed by atoms with E-state index < -0.39 is 5.54 Å². The molecule has 0 radical (unpaired) electrons. The molecule has 22 heavy (non-hydrogen) atoms. The summed E-state index contributed by atoms with van der Waals surface area (Å²) in [6.07, 6.45) is 6.00. The summed E-state index contributed by atoms with van der Waals surface area (Å²) in [6.45, 7) is 6.85. The van der Waals surface area contributed by atoms with Gasteiger partial charge in [0.1, 0.15) is 0 Å². The monoisotopic (exact) mass is 322 g/mol. The fourth-order valence-corrected chi connectivity index (χ4v) is 3.44. The number of hydrogen-bond acceptors (Lipinski definition) is 1. The molecule has 3 nitrogen and oxygen atoms in total. The molecule has 0 unspecified atom stereocenters. The maximum Gasteiger partial charge on any atom is 0.318 e. The molecule has 1 aromatic rings. The Hall–Kier alpha value is -1.22. The van der Waals surface area contributed by atoms with E-state index in [0.717, 1.165) is 24.9 Å². The third kappa shape index (κ3) is 4.16. The number of carbonyl (C=O) groups excluding carboxylic acids is 1. The number of nitrogens with zero attached hydrogens (tertiary/aromatic N) is 1. The zero-order valence-corrected chi connectivity index (χ0v) is 14.6. The van der Waals surface area contributed by atoms with Gasteiger partial charge in [0.05, 0.1) is 5.54 Å². The van der Waals surface area contributed by atoms with Gasteiger partial charge in [-0.3, -0.25) is 0 Å². The van der Waals surface area contributed by atoms with Crippen LogP contribution < -0.4 is 5.32 Å². The van der Waals surface area contributed by atoms with Gasteiger partial charge in [0.25, 0.3) is 0 Å². The first-order valence-electron chi connectivity index (χ1n) is 8.29. The van der Waals surface area contributed by atoms with Crippen LogP contribution in [0.5, 0.6) is 0 Å². The smallest absolute Gasteiger partial charge is 0.318 e. The molecule has 0 spiro atoms. The molecule has 122 valence electrons. The summed E-state index contributed by atoms with van der Waals surface area (Å²) in [4.78, 5) is 14.7. The Morgan fingerprint density at radius 3 is 2.59 bits per heavy atom. The van der Waals surface area contributed by atoms with E-state index in [4.69, 9.17) is 11.6 Å². The van der Waals surface area contributed by atoms with Gasteiger partial charge in [-0.25, -0.2) is 4.79 Å². The molecule has 1 fully saturated rings. The Bertz CT molecular complexity index is 510. The van der Waals surface area contributed by atoms with E-state index >= 15 is 0 Å². The fourth-order valence-electron chi connectivity index (χ4n) is 3.25. The molecular formula is C18H27ClN2O. The Morgan fingerprint density at radius 1 is 1.32 bits per heavy atom. The molecule has 2 rings (SSSR count). The maximum absolute atomic E-state index is 12.7. The minimum Gasteiger partial charge on any atom is -0.329 e. The van der Waals surface area contributed by atoms with Gasteiger partial charge in [-0.05, 0) is 51.3 Å². The number of rotatable bonds is 4. The summed E-state index contributed by atoms with van der Waals surface area (Å²) in [7, 11) is 0. The average Bonchev–Trinajstić information content (AvgIpc) is 2.48. The van der Waals surface area contributed by atoms with E-state index in [-0.39, 0.29) is 6.03 Å². The second kappa shape index (κ2) is 7.36. The summed E-state index contributed by atoms with van der Waals surface area (Å²) >= 11 is 6.08. The van der Waals surface area contributed by atoms with Crippen molar-refractivity contribution in [3.05, 3.63) is 34.9 Å². The lowest BCUT2D eigenvalue weighted by molar-refractivity contribution is 0.151. The van der Waals surface area contributed by atoms with Crippen molar-refractivity contribution in [1.29, 1.82) is 0 Å². The Balaban J connectivity index is 2.08. The van der Waals surface area contributed by atoms with Crippen molar-refractivity contribution >= 4 is 17.6 Å². The second-order valence-electron chi connectivity index (χ2n) is 6.64. The minimum atomic E-state index is -0.440. The van der Waals surface area contributed by atoms with Crippen LogP contribution in [0.1, 0.15) is 58.4 Å². The molecule has 0 aliphatic heterocycles.